The van der Waals surface area contributed by atoms with E-state index in [2.05, 4.69) is 10.6 Å². The van der Waals surface area contributed by atoms with E-state index in [1.807, 2.05) is 0 Å². The molecule has 0 fully saturated rings. The molecule has 0 aromatic rings. The van der Waals surface area contributed by atoms with Crippen molar-refractivity contribution in [2.45, 2.75) is 46.7 Å². The van der Waals surface area contributed by atoms with E-state index in [4.69, 9.17) is 83.8 Å². The van der Waals surface area contributed by atoms with Crippen LogP contribution in [0.2, 0.25) is 0 Å². The summed E-state index contributed by atoms with van der Waals surface area (Å²) >= 11 is 34.5. The number of ether oxygens (including phenoxy) is 3. The lowest BCUT2D eigenvalue weighted by Gasteiger charge is -2.32. The lowest BCUT2D eigenvalue weighted by atomic mass is 10.5. The molecule has 0 saturated carbocycles. The fourth-order valence-corrected chi connectivity index (χ4v) is 1.84. The van der Waals surface area contributed by atoms with Gasteiger partial charge in [0.25, 0.3) is 0 Å². The van der Waals surface area contributed by atoms with Crippen LogP contribution < -0.4 is 10.6 Å². The topological polar surface area (TPSA) is 85.9 Å². The summed E-state index contributed by atoms with van der Waals surface area (Å²) in [6.45, 7) is 3.85. The second-order valence-corrected chi connectivity index (χ2v) is 9.28. The van der Waals surface area contributed by atoms with Gasteiger partial charge in [0, 0.05) is 0 Å². The van der Waals surface area contributed by atoms with Crippen LogP contribution in [0.15, 0.2) is 0 Å². The maximum atomic E-state index is 11.7. The van der Waals surface area contributed by atoms with E-state index in [1.165, 1.54) is 0 Å². The van der Waals surface area contributed by atoms with Gasteiger partial charge in [-0.2, -0.15) is 0 Å². The molecule has 0 heterocycles. The largest absolute Gasteiger partial charge is 0.450 e. The molecular formula is C12H18Cl6N2O5. The Morgan fingerprint density at radius 1 is 0.800 bits per heavy atom. The highest BCUT2D eigenvalue weighted by atomic mass is 35.6. The Hall–Kier alpha value is 0.240. The van der Waals surface area contributed by atoms with Gasteiger partial charge >= 0.3 is 12.2 Å². The van der Waals surface area contributed by atoms with Crippen molar-refractivity contribution in [2.24, 2.45) is 0 Å². The first-order valence-corrected chi connectivity index (χ1v) is 9.34. The van der Waals surface area contributed by atoms with E-state index in [0.29, 0.717) is 12.8 Å². The highest BCUT2D eigenvalue weighted by Gasteiger charge is 2.43. The maximum Gasteiger partial charge on any atom is 0.409 e. The maximum absolute atomic E-state index is 11.7. The van der Waals surface area contributed by atoms with E-state index < -0.39 is 32.2 Å². The van der Waals surface area contributed by atoms with Crippen LogP contribution in [0.3, 0.4) is 0 Å². The molecule has 0 radical (unpaired) electrons. The van der Waals surface area contributed by atoms with Crippen LogP contribution in [0.4, 0.5) is 9.59 Å². The van der Waals surface area contributed by atoms with Crippen LogP contribution in [0.1, 0.15) is 26.7 Å². The molecule has 0 aliphatic rings. The highest BCUT2D eigenvalue weighted by molar-refractivity contribution is 6.68. The molecule has 0 spiro atoms. The molecule has 2 amide bonds. The average molecular weight is 483 g/mol. The van der Waals surface area contributed by atoms with Crippen molar-refractivity contribution in [1.29, 1.82) is 0 Å². The Labute approximate surface area is 175 Å². The predicted octanol–water partition coefficient (Wildman–Crippen LogP) is 4.67. The number of halogens is 6. The highest BCUT2D eigenvalue weighted by Crippen LogP contribution is 2.36. The quantitative estimate of drug-likeness (QED) is 0.388. The van der Waals surface area contributed by atoms with Crippen LogP contribution in [-0.2, 0) is 14.2 Å². The lowest BCUT2D eigenvalue weighted by molar-refractivity contribution is -0.0395. The van der Waals surface area contributed by atoms with Gasteiger partial charge in [-0.3, -0.25) is 10.6 Å². The third-order valence-electron chi connectivity index (χ3n) is 2.24. The molecule has 0 aromatic heterocycles. The number of amides is 2. The first-order chi connectivity index (χ1) is 11.4. The minimum absolute atomic E-state index is 0.133. The molecule has 2 atom stereocenters. The molecule has 0 aliphatic carbocycles. The number of hydrogen-bond acceptors (Lipinski definition) is 5. The molecule has 0 unspecified atom stereocenters. The monoisotopic (exact) mass is 480 g/mol. The second-order valence-electron chi connectivity index (χ2n) is 4.54. The van der Waals surface area contributed by atoms with Gasteiger partial charge in [-0.05, 0) is 12.8 Å². The van der Waals surface area contributed by atoms with Crippen LogP contribution in [-0.4, -0.2) is 45.4 Å². The van der Waals surface area contributed by atoms with Gasteiger partial charge < -0.3 is 14.2 Å². The van der Waals surface area contributed by atoms with E-state index in [9.17, 15) is 9.59 Å². The van der Waals surface area contributed by atoms with Gasteiger partial charge in [-0.25, -0.2) is 9.59 Å². The SMILES string of the molecule is CCCOC(=O)N[C@H](O[C@H](NC(=O)OCCC)C(Cl)(Cl)Cl)C(Cl)(Cl)Cl. The number of carbonyl (C=O) groups excluding carboxylic acids is 2. The molecule has 25 heavy (non-hydrogen) atoms. The Balaban J connectivity index is 5.08. The standard InChI is InChI=1S/C12H18Cl6N2O5/c1-3-5-23-9(21)19-7(11(13,14)15)25-8(12(16,17)18)20-10(22)24-6-4-2/h7-8H,3-6H2,1-2H3,(H,19,21)(H,20,22)/t7-,8+. The number of nitrogens with one attached hydrogen (secondary N) is 2. The van der Waals surface area contributed by atoms with Crippen LogP contribution in [0.5, 0.6) is 0 Å². The molecular weight excluding hydrogens is 465 g/mol. The van der Waals surface area contributed by atoms with Crippen molar-refractivity contribution in [3.05, 3.63) is 0 Å². The first-order valence-electron chi connectivity index (χ1n) is 7.07. The van der Waals surface area contributed by atoms with Crippen LogP contribution in [0, 0.1) is 0 Å². The lowest BCUT2D eigenvalue weighted by Crippen LogP contribution is -2.55. The number of alkyl carbamates (subject to hydrolysis) is 2. The van der Waals surface area contributed by atoms with Crippen molar-refractivity contribution < 1.29 is 23.8 Å². The van der Waals surface area contributed by atoms with Gasteiger partial charge in [-0.1, -0.05) is 83.5 Å². The van der Waals surface area contributed by atoms with Crippen LogP contribution in [0.25, 0.3) is 0 Å². The van der Waals surface area contributed by atoms with Gasteiger partial charge in [0.1, 0.15) is 0 Å². The minimum Gasteiger partial charge on any atom is -0.450 e. The second kappa shape index (κ2) is 11.8. The molecule has 2 N–H and O–H groups in total. The van der Waals surface area contributed by atoms with E-state index in [-0.39, 0.29) is 13.2 Å². The van der Waals surface area contributed by atoms with Gasteiger partial charge in [0.15, 0.2) is 12.5 Å². The predicted molar refractivity (Wildman–Crippen MR) is 98.8 cm³/mol. The fraction of sp³-hybridized carbons (Fsp3) is 0.833. The van der Waals surface area contributed by atoms with E-state index in [1.54, 1.807) is 13.8 Å². The molecule has 0 rings (SSSR count). The van der Waals surface area contributed by atoms with Crippen molar-refractivity contribution >= 4 is 81.8 Å². The Bertz CT molecular complexity index is 391. The Kier molecular flexibility index (Phi) is 12.0. The molecule has 148 valence electrons. The normalized spacial score (nSPS) is 14.4. The molecule has 13 heteroatoms. The van der Waals surface area contributed by atoms with Crippen molar-refractivity contribution in [1.82, 2.24) is 10.6 Å². The van der Waals surface area contributed by atoms with Crippen molar-refractivity contribution in [2.75, 3.05) is 13.2 Å². The number of carbonyl (C=O) groups is 2. The van der Waals surface area contributed by atoms with Crippen LogP contribution >= 0.6 is 69.6 Å². The summed E-state index contributed by atoms with van der Waals surface area (Å²) in [5, 5.41) is 4.33. The number of rotatable bonds is 8. The molecule has 7 nitrogen and oxygen atoms in total. The zero-order chi connectivity index (χ0) is 19.7. The summed E-state index contributed by atoms with van der Waals surface area (Å²) in [4.78, 5) is 23.3. The molecule has 0 saturated heterocycles. The Morgan fingerprint density at radius 3 is 1.36 bits per heavy atom. The summed E-state index contributed by atoms with van der Waals surface area (Å²) in [6, 6.07) is 0. The summed E-state index contributed by atoms with van der Waals surface area (Å²) in [7, 11) is 0. The van der Waals surface area contributed by atoms with Gasteiger partial charge in [-0.15, -0.1) is 0 Å². The summed E-state index contributed by atoms with van der Waals surface area (Å²) in [5.41, 5.74) is 0. The number of hydrogen-bond donors (Lipinski definition) is 2. The average Bonchev–Trinajstić information content (AvgIpc) is 2.47. The van der Waals surface area contributed by atoms with Crippen molar-refractivity contribution in [3.8, 4) is 0 Å². The van der Waals surface area contributed by atoms with Gasteiger partial charge in [0.05, 0.1) is 13.2 Å². The first kappa shape index (κ1) is 25.2. The summed E-state index contributed by atoms with van der Waals surface area (Å²) in [5.74, 6) is 0. The smallest absolute Gasteiger partial charge is 0.409 e. The number of alkyl halides is 6. The summed E-state index contributed by atoms with van der Waals surface area (Å²) in [6.07, 6.45) is -3.89. The van der Waals surface area contributed by atoms with E-state index >= 15 is 0 Å². The zero-order valence-electron chi connectivity index (χ0n) is 13.3. The van der Waals surface area contributed by atoms with Crippen molar-refractivity contribution in [3.63, 3.8) is 0 Å². The zero-order valence-corrected chi connectivity index (χ0v) is 17.8. The van der Waals surface area contributed by atoms with Gasteiger partial charge in [0.2, 0.25) is 7.59 Å². The third-order valence-corrected chi connectivity index (χ3v) is 3.43. The minimum atomic E-state index is -2.16. The molecule has 0 bridgehead atoms. The Morgan fingerprint density at radius 2 is 1.12 bits per heavy atom. The summed E-state index contributed by atoms with van der Waals surface area (Å²) < 4.78 is 10.6. The fourth-order valence-electron chi connectivity index (χ4n) is 1.21. The van der Waals surface area contributed by atoms with E-state index in [0.717, 1.165) is 0 Å². The molecule has 0 aliphatic heterocycles. The molecule has 0 aromatic carbocycles. The third kappa shape index (κ3) is 11.5.